The summed E-state index contributed by atoms with van der Waals surface area (Å²) >= 11 is 0. The van der Waals surface area contributed by atoms with Crippen LogP contribution >= 0.6 is 0 Å². The van der Waals surface area contributed by atoms with Crippen molar-refractivity contribution < 1.29 is 19.1 Å². The molecule has 4 rings (SSSR count). The minimum atomic E-state index is -0.358. The van der Waals surface area contributed by atoms with Crippen LogP contribution in [0.4, 0.5) is 16.6 Å². The van der Waals surface area contributed by atoms with E-state index in [-0.39, 0.29) is 30.0 Å². The lowest BCUT2D eigenvalue weighted by Crippen LogP contribution is -2.45. The zero-order valence-corrected chi connectivity index (χ0v) is 19.3. The second-order valence-corrected chi connectivity index (χ2v) is 9.48. The second-order valence-electron chi connectivity index (χ2n) is 9.48. The van der Waals surface area contributed by atoms with Crippen LogP contribution in [-0.4, -0.2) is 71.9 Å². The number of piperidine rings is 1. The molecule has 9 heteroatoms. The Morgan fingerprint density at radius 1 is 1.16 bits per heavy atom. The van der Waals surface area contributed by atoms with Crippen LogP contribution in [0.3, 0.4) is 0 Å². The number of carbonyl (C=O) groups is 2. The first-order valence-corrected chi connectivity index (χ1v) is 11.9. The number of nitrogens with one attached hydrogen (secondary N) is 1. The normalized spacial score (nSPS) is 24.0. The Labute approximate surface area is 189 Å². The molecule has 0 saturated carbocycles. The minimum Gasteiger partial charge on any atom is -0.447 e. The maximum Gasteiger partial charge on any atom is 0.415 e. The fraction of sp³-hybridized carbons (Fsp3) is 0.739. The maximum atomic E-state index is 12.8. The van der Waals surface area contributed by atoms with Crippen molar-refractivity contribution in [3.8, 4) is 0 Å². The highest BCUT2D eigenvalue weighted by Gasteiger charge is 2.37. The van der Waals surface area contributed by atoms with Crippen molar-refractivity contribution in [2.75, 3.05) is 43.1 Å². The Bertz CT molecular complexity index is 805. The highest BCUT2D eigenvalue weighted by Crippen LogP contribution is 2.28. The molecule has 0 radical (unpaired) electrons. The van der Waals surface area contributed by atoms with Crippen molar-refractivity contribution in [2.24, 2.45) is 17.8 Å². The smallest absolute Gasteiger partial charge is 0.415 e. The average molecular weight is 446 g/mol. The summed E-state index contributed by atoms with van der Waals surface area (Å²) in [5, 5.41) is 3.42. The first kappa shape index (κ1) is 22.8. The third-order valence-electron chi connectivity index (χ3n) is 7.05. The van der Waals surface area contributed by atoms with Crippen LogP contribution in [-0.2, 0) is 14.3 Å². The largest absolute Gasteiger partial charge is 0.447 e. The van der Waals surface area contributed by atoms with E-state index in [4.69, 9.17) is 9.47 Å². The summed E-state index contributed by atoms with van der Waals surface area (Å²) in [6.45, 7) is 9.64. The maximum absolute atomic E-state index is 12.8. The van der Waals surface area contributed by atoms with E-state index in [0.717, 1.165) is 38.8 Å². The van der Waals surface area contributed by atoms with Crippen molar-refractivity contribution >= 4 is 23.8 Å². The number of anilines is 2. The Kier molecular flexibility index (Phi) is 7.13. The van der Waals surface area contributed by atoms with Crippen LogP contribution in [0.5, 0.6) is 0 Å². The van der Waals surface area contributed by atoms with E-state index >= 15 is 0 Å². The molecular formula is C23H35N5O4. The molecule has 9 nitrogen and oxygen atoms in total. The molecule has 0 bridgehead atoms. The van der Waals surface area contributed by atoms with Gasteiger partial charge in [-0.25, -0.2) is 9.78 Å². The molecule has 3 saturated heterocycles. The summed E-state index contributed by atoms with van der Waals surface area (Å²) in [6.07, 6.45) is 4.91. The number of nitrogens with zero attached hydrogens (tertiary/aromatic N) is 4. The van der Waals surface area contributed by atoms with Crippen LogP contribution < -0.4 is 10.2 Å². The molecule has 4 heterocycles. The fourth-order valence-corrected chi connectivity index (χ4v) is 4.89. The number of rotatable bonds is 6. The van der Waals surface area contributed by atoms with Gasteiger partial charge in [0, 0.05) is 44.5 Å². The van der Waals surface area contributed by atoms with Crippen molar-refractivity contribution in [2.45, 2.75) is 58.5 Å². The lowest BCUT2D eigenvalue weighted by molar-refractivity contribution is -0.140. The third-order valence-corrected chi connectivity index (χ3v) is 7.05. The predicted molar refractivity (Wildman–Crippen MR) is 120 cm³/mol. The molecule has 2 amide bonds. The highest BCUT2D eigenvalue weighted by atomic mass is 16.6. The van der Waals surface area contributed by atoms with E-state index in [1.807, 2.05) is 4.90 Å². The minimum absolute atomic E-state index is 0.0275. The van der Waals surface area contributed by atoms with Crippen molar-refractivity contribution in [3.63, 3.8) is 0 Å². The summed E-state index contributed by atoms with van der Waals surface area (Å²) in [5.41, 5.74) is 0. The average Bonchev–Trinajstić information content (AvgIpc) is 3.21. The van der Waals surface area contributed by atoms with Gasteiger partial charge in [0.05, 0.1) is 6.04 Å². The van der Waals surface area contributed by atoms with E-state index in [1.54, 1.807) is 17.2 Å². The quantitative estimate of drug-likeness (QED) is 0.719. The molecule has 1 aromatic rings. The number of carbonyl (C=O) groups excluding carboxylic acids is 2. The molecule has 32 heavy (non-hydrogen) atoms. The fourth-order valence-electron chi connectivity index (χ4n) is 4.89. The number of cyclic esters (lactones) is 1. The molecule has 0 aliphatic carbocycles. The second kappa shape index (κ2) is 10.0. The summed E-state index contributed by atoms with van der Waals surface area (Å²) in [7, 11) is 0. The standard InChI is InChI=1S/C23H35N5O4/c1-15(2)19-14-32-23(30)28(19)20-4-9-24-22(26-20)25-16(3)17-5-10-27(11-6-17)21(29)18-7-12-31-13-8-18/h4,9,15-19H,5-8,10-14H2,1-3H3,(H,24,25,26)/t16-,19?/m0/s1. The first-order chi connectivity index (χ1) is 15.4. The van der Waals surface area contributed by atoms with Crippen LogP contribution in [0.15, 0.2) is 12.3 Å². The zero-order chi connectivity index (χ0) is 22.7. The predicted octanol–water partition coefficient (Wildman–Crippen LogP) is 2.92. The molecule has 2 atom stereocenters. The molecule has 0 aromatic carbocycles. The molecule has 176 valence electrons. The Morgan fingerprint density at radius 2 is 1.88 bits per heavy atom. The van der Waals surface area contributed by atoms with Crippen molar-refractivity contribution in [1.82, 2.24) is 14.9 Å². The van der Waals surface area contributed by atoms with Gasteiger partial charge in [-0.1, -0.05) is 13.8 Å². The van der Waals surface area contributed by atoms with Gasteiger partial charge in [0.15, 0.2) is 0 Å². The Hall–Kier alpha value is -2.42. The highest BCUT2D eigenvalue weighted by molar-refractivity contribution is 5.89. The van der Waals surface area contributed by atoms with Gasteiger partial charge in [-0.15, -0.1) is 0 Å². The molecule has 1 unspecified atom stereocenters. The molecule has 3 fully saturated rings. The summed E-state index contributed by atoms with van der Waals surface area (Å²) in [5.74, 6) is 2.19. The lowest BCUT2D eigenvalue weighted by Gasteiger charge is -2.37. The van der Waals surface area contributed by atoms with Gasteiger partial charge < -0.3 is 19.7 Å². The van der Waals surface area contributed by atoms with Gasteiger partial charge >= 0.3 is 6.09 Å². The Balaban J connectivity index is 1.33. The van der Waals surface area contributed by atoms with Crippen molar-refractivity contribution in [1.29, 1.82) is 0 Å². The van der Waals surface area contributed by atoms with E-state index in [2.05, 4.69) is 36.1 Å². The van der Waals surface area contributed by atoms with Crippen LogP contribution in [0.25, 0.3) is 0 Å². The van der Waals surface area contributed by atoms with Gasteiger partial charge in [-0.3, -0.25) is 9.69 Å². The molecule has 0 spiro atoms. The number of amides is 2. The molecule has 3 aliphatic rings. The molecule has 1 aromatic heterocycles. The molecule has 1 N–H and O–H groups in total. The van der Waals surface area contributed by atoms with Crippen LogP contribution in [0.2, 0.25) is 0 Å². The van der Waals surface area contributed by atoms with E-state index in [9.17, 15) is 9.59 Å². The SMILES string of the molecule is CC(C)C1COC(=O)N1c1ccnc(N[C@@H](C)C2CCN(C(=O)C3CCOCC3)CC2)n1. The summed E-state index contributed by atoms with van der Waals surface area (Å²) in [4.78, 5) is 37.7. The van der Waals surface area contributed by atoms with Gasteiger partial charge in [0.2, 0.25) is 11.9 Å². The number of ether oxygens (including phenoxy) is 2. The number of aromatic nitrogens is 2. The van der Waals surface area contributed by atoms with Crippen LogP contribution in [0, 0.1) is 17.8 Å². The van der Waals surface area contributed by atoms with Crippen LogP contribution in [0.1, 0.15) is 46.5 Å². The van der Waals surface area contributed by atoms with Gasteiger partial charge in [-0.05, 0) is 50.5 Å². The van der Waals surface area contributed by atoms with Gasteiger partial charge in [0.25, 0.3) is 0 Å². The van der Waals surface area contributed by atoms with E-state index in [1.165, 1.54) is 0 Å². The van der Waals surface area contributed by atoms with Gasteiger partial charge in [0.1, 0.15) is 12.4 Å². The topological polar surface area (TPSA) is 96.9 Å². The first-order valence-electron chi connectivity index (χ1n) is 11.9. The van der Waals surface area contributed by atoms with Crippen molar-refractivity contribution in [3.05, 3.63) is 12.3 Å². The molecule has 3 aliphatic heterocycles. The summed E-state index contributed by atoms with van der Waals surface area (Å²) in [6, 6.07) is 1.88. The number of hydrogen-bond acceptors (Lipinski definition) is 7. The number of likely N-dealkylation sites (tertiary alicyclic amines) is 1. The Morgan fingerprint density at radius 3 is 2.56 bits per heavy atom. The molecular weight excluding hydrogens is 410 g/mol. The zero-order valence-electron chi connectivity index (χ0n) is 19.3. The third kappa shape index (κ3) is 4.98. The lowest BCUT2D eigenvalue weighted by atomic mass is 9.89. The monoisotopic (exact) mass is 445 g/mol. The van der Waals surface area contributed by atoms with E-state index < -0.39 is 0 Å². The number of hydrogen-bond donors (Lipinski definition) is 1. The summed E-state index contributed by atoms with van der Waals surface area (Å²) < 4.78 is 10.6. The van der Waals surface area contributed by atoms with Gasteiger partial charge in [-0.2, -0.15) is 4.98 Å². The van der Waals surface area contributed by atoms with E-state index in [0.29, 0.717) is 43.4 Å².